The molecule has 0 aliphatic carbocycles. The molecule has 1 rings (SSSR count). The van der Waals surface area contributed by atoms with Crippen LogP contribution in [0.1, 0.15) is 20.8 Å². The number of hydrogen-bond donors (Lipinski definition) is 1. The minimum Gasteiger partial charge on any atom is -0.486 e. The lowest BCUT2D eigenvalue weighted by atomic mass is 10.2. The van der Waals surface area contributed by atoms with E-state index >= 15 is 0 Å². The molecule has 0 bridgehead atoms. The summed E-state index contributed by atoms with van der Waals surface area (Å²) in [5.74, 6) is 0.692. The second-order valence-electron chi connectivity index (χ2n) is 3.63. The molecule has 1 aromatic rings. The number of nitrogen functional groups attached to an aromatic ring is 1. The summed E-state index contributed by atoms with van der Waals surface area (Å²) in [6.07, 6.45) is 3.25. The zero-order valence-corrected chi connectivity index (χ0v) is 7.66. The molecule has 2 N–H and O–H groups in total. The van der Waals surface area contributed by atoms with Crippen LogP contribution in [0.4, 0.5) is 5.69 Å². The fourth-order valence-electron chi connectivity index (χ4n) is 0.817. The quantitative estimate of drug-likeness (QED) is 0.692. The van der Waals surface area contributed by atoms with Crippen LogP contribution in [-0.2, 0) is 0 Å². The molecule has 0 radical (unpaired) electrons. The second-order valence-corrected chi connectivity index (χ2v) is 3.63. The van der Waals surface area contributed by atoms with Crippen molar-refractivity contribution >= 4 is 5.69 Å². The van der Waals surface area contributed by atoms with Gasteiger partial charge in [0.15, 0.2) is 0 Å². The Kier molecular flexibility index (Phi) is 2.22. The third-order valence-electron chi connectivity index (χ3n) is 1.23. The fraction of sp³-hybridized carbons (Fsp3) is 0.444. The summed E-state index contributed by atoms with van der Waals surface area (Å²) in [5, 5.41) is 0. The van der Waals surface area contributed by atoms with Gasteiger partial charge in [0.1, 0.15) is 11.4 Å². The van der Waals surface area contributed by atoms with Crippen LogP contribution in [0, 0.1) is 0 Å². The molecule has 0 aromatic carbocycles. The van der Waals surface area contributed by atoms with Crippen molar-refractivity contribution in [2.24, 2.45) is 0 Å². The Morgan fingerprint density at radius 1 is 1.42 bits per heavy atom. The molecule has 1 heterocycles. The average Bonchev–Trinajstić information content (AvgIpc) is 1.91. The summed E-state index contributed by atoms with van der Waals surface area (Å²) < 4.78 is 5.57. The van der Waals surface area contributed by atoms with Crippen molar-refractivity contribution in [2.45, 2.75) is 26.4 Å². The second kappa shape index (κ2) is 3.01. The first-order valence-electron chi connectivity index (χ1n) is 3.87. The molecule has 66 valence electrons. The number of pyridine rings is 1. The number of anilines is 1. The summed E-state index contributed by atoms with van der Waals surface area (Å²) in [6, 6.07) is 1.76. The molecular formula is C9H14N2O. The fourth-order valence-corrected chi connectivity index (χ4v) is 0.817. The number of rotatable bonds is 1. The first-order valence-corrected chi connectivity index (χ1v) is 3.87. The number of hydrogen-bond acceptors (Lipinski definition) is 3. The van der Waals surface area contributed by atoms with E-state index in [1.54, 1.807) is 18.5 Å². The van der Waals surface area contributed by atoms with Gasteiger partial charge in [-0.15, -0.1) is 0 Å². The van der Waals surface area contributed by atoms with Crippen molar-refractivity contribution in [3.63, 3.8) is 0 Å². The minimum absolute atomic E-state index is 0.213. The van der Waals surface area contributed by atoms with Crippen LogP contribution in [0.25, 0.3) is 0 Å². The van der Waals surface area contributed by atoms with Gasteiger partial charge in [-0.2, -0.15) is 0 Å². The maximum Gasteiger partial charge on any atom is 0.146 e. The number of nitrogens with two attached hydrogens (primary N) is 1. The summed E-state index contributed by atoms with van der Waals surface area (Å²) in [4.78, 5) is 3.87. The van der Waals surface area contributed by atoms with E-state index in [4.69, 9.17) is 10.5 Å². The van der Waals surface area contributed by atoms with Crippen LogP contribution < -0.4 is 10.5 Å². The van der Waals surface area contributed by atoms with E-state index in [1.807, 2.05) is 20.8 Å². The van der Waals surface area contributed by atoms with Crippen LogP contribution in [-0.4, -0.2) is 10.6 Å². The van der Waals surface area contributed by atoms with Crippen molar-refractivity contribution in [1.82, 2.24) is 4.98 Å². The standard InChI is InChI=1S/C9H14N2O/c1-9(2,3)12-8-4-5-11-6-7(8)10/h4-6H,10H2,1-3H3. The summed E-state index contributed by atoms with van der Waals surface area (Å²) in [6.45, 7) is 5.94. The Balaban J connectivity index is 2.83. The zero-order chi connectivity index (χ0) is 9.19. The van der Waals surface area contributed by atoms with Crippen LogP contribution in [0.3, 0.4) is 0 Å². The molecule has 1 aromatic heterocycles. The van der Waals surface area contributed by atoms with E-state index < -0.39 is 0 Å². The molecule has 0 unspecified atom stereocenters. The highest BCUT2D eigenvalue weighted by Gasteiger charge is 2.12. The molecule has 0 aliphatic rings. The van der Waals surface area contributed by atoms with E-state index in [2.05, 4.69) is 4.98 Å². The van der Waals surface area contributed by atoms with Gasteiger partial charge in [0.05, 0.1) is 11.9 Å². The summed E-state index contributed by atoms with van der Waals surface area (Å²) >= 11 is 0. The largest absolute Gasteiger partial charge is 0.486 e. The van der Waals surface area contributed by atoms with Crippen LogP contribution >= 0.6 is 0 Å². The van der Waals surface area contributed by atoms with Gasteiger partial charge in [-0.1, -0.05) is 0 Å². The Bertz CT molecular complexity index is 265. The average molecular weight is 166 g/mol. The van der Waals surface area contributed by atoms with Crippen LogP contribution in [0.2, 0.25) is 0 Å². The molecule has 0 aliphatic heterocycles. The van der Waals surface area contributed by atoms with Gasteiger partial charge in [-0.3, -0.25) is 4.98 Å². The van der Waals surface area contributed by atoms with Crippen LogP contribution in [0.15, 0.2) is 18.5 Å². The van der Waals surface area contributed by atoms with Crippen LogP contribution in [0.5, 0.6) is 5.75 Å². The van der Waals surface area contributed by atoms with Gasteiger partial charge in [0.2, 0.25) is 0 Å². The molecule has 0 amide bonds. The highest BCUT2D eigenvalue weighted by atomic mass is 16.5. The van der Waals surface area contributed by atoms with E-state index in [-0.39, 0.29) is 5.60 Å². The van der Waals surface area contributed by atoms with Crippen molar-refractivity contribution < 1.29 is 4.74 Å². The molecule has 0 saturated heterocycles. The number of nitrogens with zero attached hydrogens (tertiary/aromatic N) is 1. The molecule has 3 nitrogen and oxygen atoms in total. The van der Waals surface area contributed by atoms with Crippen molar-refractivity contribution in [3.05, 3.63) is 18.5 Å². The monoisotopic (exact) mass is 166 g/mol. The first kappa shape index (κ1) is 8.84. The Morgan fingerprint density at radius 2 is 2.08 bits per heavy atom. The maximum absolute atomic E-state index is 5.64. The van der Waals surface area contributed by atoms with E-state index in [9.17, 15) is 0 Å². The highest BCUT2D eigenvalue weighted by molar-refractivity contribution is 5.49. The molecule has 0 fully saturated rings. The normalized spacial score (nSPS) is 11.2. The number of ether oxygens (including phenoxy) is 1. The lowest BCUT2D eigenvalue weighted by Crippen LogP contribution is -2.23. The smallest absolute Gasteiger partial charge is 0.146 e. The minimum atomic E-state index is -0.213. The van der Waals surface area contributed by atoms with Gasteiger partial charge >= 0.3 is 0 Å². The molecule has 0 spiro atoms. The van der Waals surface area contributed by atoms with Gasteiger partial charge in [0, 0.05) is 12.3 Å². The molecule has 0 atom stereocenters. The van der Waals surface area contributed by atoms with E-state index in [0.717, 1.165) is 0 Å². The molecular weight excluding hydrogens is 152 g/mol. The van der Waals surface area contributed by atoms with Gasteiger partial charge < -0.3 is 10.5 Å². The third kappa shape index (κ3) is 2.42. The summed E-state index contributed by atoms with van der Waals surface area (Å²) in [7, 11) is 0. The predicted molar refractivity (Wildman–Crippen MR) is 49.0 cm³/mol. The van der Waals surface area contributed by atoms with Crippen molar-refractivity contribution in [3.8, 4) is 5.75 Å². The van der Waals surface area contributed by atoms with Crippen molar-refractivity contribution in [2.75, 3.05) is 5.73 Å². The first-order chi connectivity index (χ1) is 5.49. The predicted octanol–water partition coefficient (Wildman–Crippen LogP) is 1.84. The molecule has 0 saturated carbocycles. The lowest BCUT2D eigenvalue weighted by molar-refractivity contribution is 0.132. The Labute approximate surface area is 72.6 Å². The molecule has 3 heteroatoms. The zero-order valence-electron chi connectivity index (χ0n) is 7.66. The maximum atomic E-state index is 5.64. The van der Waals surface area contributed by atoms with E-state index in [0.29, 0.717) is 11.4 Å². The van der Waals surface area contributed by atoms with Crippen molar-refractivity contribution in [1.29, 1.82) is 0 Å². The Morgan fingerprint density at radius 3 is 2.58 bits per heavy atom. The summed E-state index contributed by atoms with van der Waals surface area (Å²) in [5.41, 5.74) is 6.00. The highest BCUT2D eigenvalue weighted by Crippen LogP contribution is 2.23. The van der Waals surface area contributed by atoms with Gasteiger partial charge in [-0.25, -0.2) is 0 Å². The lowest BCUT2D eigenvalue weighted by Gasteiger charge is -2.21. The Hall–Kier alpha value is -1.25. The topological polar surface area (TPSA) is 48.1 Å². The molecule has 12 heavy (non-hydrogen) atoms. The number of aromatic nitrogens is 1. The SMILES string of the molecule is CC(C)(C)Oc1ccncc1N. The van der Waals surface area contributed by atoms with E-state index in [1.165, 1.54) is 0 Å². The van der Waals surface area contributed by atoms with Gasteiger partial charge in [-0.05, 0) is 20.8 Å². The van der Waals surface area contributed by atoms with Gasteiger partial charge in [0.25, 0.3) is 0 Å². The third-order valence-corrected chi connectivity index (χ3v) is 1.23.